The van der Waals surface area contributed by atoms with Crippen LogP contribution >= 0.6 is 0 Å². The Labute approximate surface area is 222 Å². The van der Waals surface area contributed by atoms with E-state index in [0.29, 0.717) is 19.4 Å². The minimum Gasteiger partial charge on any atom is -0.368 e. The highest BCUT2D eigenvalue weighted by Crippen LogP contribution is 2.36. The third-order valence-corrected chi connectivity index (χ3v) is 6.75. The SMILES string of the molecule is CC(=O)N[C@@H](Cc1ccc(-c2c3ccccc3cc3ccccc23)cc1)C(=O)N[C@@H](CCCCN)C(N)=O. The zero-order valence-corrected chi connectivity index (χ0v) is 21.6. The van der Waals surface area contributed by atoms with Crippen LogP contribution in [0.1, 0.15) is 31.7 Å². The average Bonchev–Trinajstić information content (AvgIpc) is 2.91. The molecule has 196 valence electrons. The van der Waals surface area contributed by atoms with E-state index in [9.17, 15) is 14.4 Å². The Morgan fingerprint density at radius 2 is 1.39 bits per heavy atom. The van der Waals surface area contributed by atoms with Gasteiger partial charge in [-0.1, -0.05) is 72.8 Å². The number of hydrogen-bond donors (Lipinski definition) is 4. The zero-order valence-electron chi connectivity index (χ0n) is 21.6. The molecule has 2 atom stereocenters. The van der Waals surface area contributed by atoms with Crippen molar-refractivity contribution in [2.45, 2.75) is 44.7 Å². The Morgan fingerprint density at radius 3 is 1.95 bits per heavy atom. The zero-order chi connectivity index (χ0) is 27.1. The molecule has 0 aliphatic heterocycles. The Hall–Kier alpha value is -4.23. The maximum Gasteiger partial charge on any atom is 0.243 e. The van der Waals surface area contributed by atoms with Gasteiger partial charge in [0.05, 0.1) is 0 Å². The predicted octanol–water partition coefficient (Wildman–Crippen LogP) is 3.81. The highest BCUT2D eigenvalue weighted by Gasteiger charge is 2.25. The van der Waals surface area contributed by atoms with Crippen LogP contribution in [0.2, 0.25) is 0 Å². The number of primary amides is 1. The molecule has 38 heavy (non-hydrogen) atoms. The molecule has 0 bridgehead atoms. The first-order valence-corrected chi connectivity index (χ1v) is 12.9. The number of carbonyl (C=O) groups excluding carboxylic acids is 3. The average molecular weight is 511 g/mol. The summed E-state index contributed by atoms with van der Waals surface area (Å²) in [4.78, 5) is 36.8. The summed E-state index contributed by atoms with van der Waals surface area (Å²) in [7, 11) is 0. The molecule has 0 saturated carbocycles. The summed E-state index contributed by atoms with van der Waals surface area (Å²) < 4.78 is 0. The summed E-state index contributed by atoms with van der Waals surface area (Å²) in [5.41, 5.74) is 14.1. The number of fused-ring (bicyclic) bond motifs is 2. The quantitative estimate of drug-likeness (QED) is 0.181. The third-order valence-electron chi connectivity index (χ3n) is 6.75. The van der Waals surface area contributed by atoms with Crippen molar-refractivity contribution in [1.82, 2.24) is 10.6 Å². The van der Waals surface area contributed by atoms with E-state index in [-0.39, 0.29) is 12.3 Å². The second-order valence-electron chi connectivity index (χ2n) is 9.60. The number of hydrogen-bond acceptors (Lipinski definition) is 4. The Morgan fingerprint density at radius 1 is 0.789 bits per heavy atom. The van der Waals surface area contributed by atoms with Crippen molar-refractivity contribution in [3.8, 4) is 11.1 Å². The molecule has 0 aliphatic rings. The van der Waals surface area contributed by atoms with Gasteiger partial charge >= 0.3 is 0 Å². The standard InChI is InChI=1S/C31H34N4O3/c1-20(36)34-28(31(38)35-27(30(33)37)12-6-7-17-32)18-21-13-15-22(16-14-21)29-25-10-4-2-8-23(25)19-24-9-3-5-11-26(24)29/h2-5,8-11,13-16,19,27-28H,6-7,12,17-18,32H2,1H3,(H2,33,37)(H,34,36)(H,35,38)/t27-,28-/m0/s1. The maximum absolute atomic E-state index is 13.1. The molecular formula is C31H34N4O3. The molecule has 0 saturated heterocycles. The predicted molar refractivity (Wildman–Crippen MR) is 152 cm³/mol. The van der Waals surface area contributed by atoms with Crippen LogP contribution in [0.15, 0.2) is 78.9 Å². The van der Waals surface area contributed by atoms with E-state index in [2.05, 4.69) is 41.0 Å². The lowest BCUT2D eigenvalue weighted by Gasteiger charge is -2.22. The molecule has 0 fully saturated rings. The lowest BCUT2D eigenvalue weighted by atomic mass is 9.91. The molecule has 4 aromatic rings. The fourth-order valence-electron chi connectivity index (χ4n) is 4.87. The number of nitrogens with two attached hydrogens (primary N) is 2. The summed E-state index contributed by atoms with van der Waals surface area (Å²) in [5.74, 6) is -1.38. The number of carbonyl (C=O) groups is 3. The lowest BCUT2D eigenvalue weighted by Crippen LogP contribution is -2.53. The molecule has 4 aromatic carbocycles. The summed E-state index contributed by atoms with van der Waals surface area (Å²) in [6.07, 6.45) is 2.07. The molecule has 7 nitrogen and oxygen atoms in total. The van der Waals surface area contributed by atoms with Crippen LogP contribution in [0, 0.1) is 0 Å². The van der Waals surface area contributed by atoms with Gasteiger partial charge in [-0.15, -0.1) is 0 Å². The van der Waals surface area contributed by atoms with Crippen molar-refractivity contribution >= 4 is 39.3 Å². The van der Waals surface area contributed by atoms with Gasteiger partial charge in [-0.05, 0) is 70.1 Å². The number of rotatable bonds is 11. The van der Waals surface area contributed by atoms with E-state index in [1.165, 1.54) is 28.5 Å². The van der Waals surface area contributed by atoms with Crippen LogP contribution in [0.3, 0.4) is 0 Å². The fourth-order valence-corrected chi connectivity index (χ4v) is 4.87. The van der Waals surface area contributed by atoms with Gasteiger partial charge in [-0.25, -0.2) is 0 Å². The molecular weight excluding hydrogens is 476 g/mol. The first-order valence-electron chi connectivity index (χ1n) is 12.9. The molecule has 7 heteroatoms. The van der Waals surface area contributed by atoms with E-state index in [1.54, 1.807) is 0 Å². The molecule has 0 heterocycles. The Bertz CT molecular complexity index is 1400. The first kappa shape index (κ1) is 26.8. The highest BCUT2D eigenvalue weighted by molar-refractivity contribution is 6.12. The van der Waals surface area contributed by atoms with Gasteiger partial charge in [0.15, 0.2) is 0 Å². The number of benzene rings is 4. The van der Waals surface area contributed by atoms with Gasteiger partial charge in [-0.2, -0.15) is 0 Å². The van der Waals surface area contributed by atoms with Crippen molar-refractivity contribution in [3.63, 3.8) is 0 Å². The summed E-state index contributed by atoms with van der Waals surface area (Å²) in [5, 5.41) is 10.1. The summed E-state index contributed by atoms with van der Waals surface area (Å²) in [6.45, 7) is 1.86. The molecule has 0 radical (unpaired) electrons. The van der Waals surface area contributed by atoms with E-state index in [0.717, 1.165) is 23.1 Å². The van der Waals surface area contributed by atoms with Gasteiger partial charge in [-0.3, -0.25) is 14.4 Å². The normalized spacial score (nSPS) is 12.7. The van der Waals surface area contributed by atoms with E-state index in [4.69, 9.17) is 11.5 Å². The maximum atomic E-state index is 13.1. The van der Waals surface area contributed by atoms with Crippen LogP contribution < -0.4 is 22.1 Å². The van der Waals surface area contributed by atoms with Crippen LogP contribution in [-0.4, -0.2) is 36.3 Å². The molecule has 0 spiro atoms. The van der Waals surface area contributed by atoms with Crippen molar-refractivity contribution in [3.05, 3.63) is 84.4 Å². The van der Waals surface area contributed by atoms with Crippen LogP contribution in [0.5, 0.6) is 0 Å². The van der Waals surface area contributed by atoms with Gasteiger partial charge < -0.3 is 22.1 Å². The summed E-state index contributed by atoms with van der Waals surface area (Å²) in [6, 6.07) is 25.2. The molecule has 0 unspecified atom stereocenters. The second-order valence-corrected chi connectivity index (χ2v) is 9.60. The summed E-state index contributed by atoms with van der Waals surface area (Å²) >= 11 is 0. The van der Waals surface area contributed by atoms with Gasteiger partial charge in [0, 0.05) is 13.3 Å². The van der Waals surface area contributed by atoms with E-state index < -0.39 is 23.9 Å². The van der Waals surface area contributed by atoms with Gasteiger partial charge in [0.1, 0.15) is 12.1 Å². The van der Waals surface area contributed by atoms with Gasteiger partial charge in [0.2, 0.25) is 17.7 Å². The Balaban J connectivity index is 1.59. The monoisotopic (exact) mass is 510 g/mol. The van der Waals surface area contributed by atoms with E-state index in [1.807, 2.05) is 48.5 Å². The number of nitrogens with one attached hydrogen (secondary N) is 2. The number of amides is 3. The molecule has 3 amide bonds. The fraction of sp³-hybridized carbons (Fsp3) is 0.258. The lowest BCUT2D eigenvalue weighted by molar-refractivity contribution is -0.130. The van der Waals surface area contributed by atoms with Crippen molar-refractivity contribution in [2.75, 3.05) is 6.54 Å². The molecule has 4 rings (SSSR count). The molecule has 6 N–H and O–H groups in total. The minimum absolute atomic E-state index is 0.274. The van der Waals surface area contributed by atoms with Crippen LogP contribution in [0.25, 0.3) is 32.7 Å². The van der Waals surface area contributed by atoms with Crippen molar-refractivity contribution in [1.29, 1.82) is 0 Å². The number of unbranched alkanes of at least 4 members (excludes halogenated alkanes) is 1. The Kier molecular flexibility index (Phi) is 8.71. The topological polar surface area (TPSA) is 127 Å². The molecule has 0 aromatic heterocycles. The minimum atomic E-state index is -0.840. The molecule has 0 aliphatic carbocycles. The van der Waals surface area contributed by atoms with Crippen LogP contribution in [-0.2, 0) is 20.8 Å². The third kappa shape index (κ3) is 6.36. The van der Waals surface area contributed by atoms with E-state index >= 15 is 0 Å². The van der Waals surface area contributed by atoms with Crippen LogP contribution in [0.4, 0.5) is 0 Å². The second kappa shape index (κ2) is 12.3. The van der Waals surface area contributed by atoms with Crippen molar-refractivity contribution < 1.29 is 14.4 Å². The van der Waals surface area contributed by atoms with Crippen molar-refractivity contribution in [2.24, 2.45) is 11.5 Å². The van der Waals surface area contributed by atoms with Gasteiger partial charge in [0.25, 0.3) is 0 Å². The highest BCUT2D eigenvalue weighted by atomic mass is 16.2. The first-order chi connectivity index (χ1) is 18.4. The smallest absolute Gasteiger partial charge is 0.243 e. The largest absolute Gasteiger partial charge is 0.368 e.